The third-order valence-electron chi connectivity index (χ3n) is 5.10. The maximum atomic E-state index is 11.1. The molecule has 1 unspecified atom stereocenters. The molecule has 1 amide bonds. The number of rotatable bonds is 5. The second-order valence-corrected chi connectivity index (χ2v) is 7.09. The number of piperidine rings is 1. The lowest BCUT2D eigenvalue weighted by atomic mass is 9.98. The maximum absolute atomic E-state index is 11.1. The first-order valence-electron chi connectivity index (χ1n) is 9.24. The Morgan fingerprint density at radius 2 is 2.04 bits per heavy atom. The minimum atomic E-state index is -0.305. The fraction of sp³-hybridized carbons (Fsp3) is 0.556. The summed E-state index contributed by atoms with van der Waals surface area (Å²) in [6.45, 7) is 4.01. The first-order valence-corrected chi connectivity index (χ1v) is 9.24. The Morgan fingerprint density at radius 1 is 1.19 bits per heavy atom. The third kappa shape index (κ3) is 3.70. The highest BCUT2D eigenvalue weighted by Gasteiger charge is 2.26. The van der Waals surface area contributed by atoms with E-state index in [-0.39, 0.29) is 18.4 Å². The van der Waals surface area contributed by atoms with Crippen molar-refractivity contribution < 1.29 is 9.21 Å². The van der Waals surface area contributed by atoms with Crippen LogP contribution < -0.4 is 10.6 Å². The standard InChI is InChI=1S/C18H24N6O2/c19-15(25)12-23-7-3-4-14(11-23)18-22-21-17(26-18)13-5-6-16(20-10-13)24-8-1-2-9-24/h5-6,10,14H,1-4,7-9,11-12H2,(H2,19,25). The molecule has 138 valence electrons. The summed E-state index contributed by atoms with van der Waals surface area (Å²) in [5.74, 6) is 1.95. The minimum Gasteiger partial charge on any atom is -0.420 e. The molecule has 2 aliphatic heterocycles. The molecule has 2 aromatic rings. The number of amides is 1. The van der Waals surface area contributed by atoms with Gasteiger partial charge in [-0.3, -0.25) is 9.69 Å². The van der Waals surface area contributed by atoms with Crippen LogP contribution in [-0.2, 0) is 4.79 Å². The number of primary amides is 1. The van der Waals surface area contributed by atoms with Crippen LogP contribution in [0.3, 0.4) is 0 Å². The number of likely N-dealkylation sites (tertiary alicyclic amines) is 1. The number of hydrogen-bond acceptors (Lipinski definition) is 7. The maximum Gasteiger partial charge on any atom is 0.249 e. The van der Waals surface area contributed by atoms with E-state index in [2.05, 4.69) is 20.1 Å². The van der Waals surface area contributed by atoms with Crippen LogP contribution in [0.2, 0.25) is 0 Å². The van der Waals surface area contributed by atoms with Crippen LogP contribution in [0, 0.1) is 0 Å². The van der Waals surface area contributed by atoms with Gasteiger partial charge in [0.25, 0.3) is 0 Å². The number of nitrogens with zero attached hydrogens (tertiary/aromatic N) is 5. The second-order valence-electron chi connectivity index (χ2n) is 7.09. The van der Waals surface area contributed by atoms with Crippen LogP contribution in [-0.4, -0.2) is 58.7 Å². The lowest BCUT2D eigenvalue weighted by Crippen LogP contribution is -2.40. The Morgan fingerprint density at radius 3 is 2.77 bits per heavy atom. The summed E-state index contributed by atoms with van der Waals surface area (Å²) in [4.78, 5) is 20.0. The molecule has 2 aromatic heterocycles. The molecule has 2 N–H and O–H groups in total. The Bertz CT molecular complexity index is 753. The largest absolute Gasteiger partial charge is 0.420 e. The molecular weight excluding hydrogens is 332 g/mol. The molecule has 2 aliphatic rings. The number of carbonyl (C=O) groups is 1. The van der Waals surface area contributed by atoms with Gasteiger partial charge in [0.05, 0.1) is 18.0 Å². The van der Waals surface area contributed by atoms with E-state index in [9.17, 15) is 4.79 Å². The predicted octanol–water partition coefficient (Wildman–Crippen LogP) is 1.40. The van der Waals surface area contributed by atoms with E-state index in [1.807, 2.05) is 17.0 Å². The van der Waals surface area contributed by atoms with E-state index in [4.69, 9.17) is 10.2 Å². The van der Waals surface area contributed by atoms with E-state index in [0.717, 1.165) is 50.4 Å². The fourth-order valence-corrected chi connectivity index (χ4v) is 3.78. The number of nitrogens with two attached hydrogens (primary N) is 1. The van der Waals surface area contributed by atoms with Gasteiger partial charge in [0.1, 0.15) is 5.82 Å². The van der Waals surface area contributed by atoms with Gasteiger partial charge in [0.2, 0.25) is 17.7 Å². The van der Waals surface area contributed by atoms with Crippen molar-refractivity contribution in [1.82, 2.24) is 20.1 Å². The van der Waals surface area contributed by atoms with Crippen molar-refractivity contribution in [2.75, 3.05) is 37.6 Å². The van der Waals surface area contributed by atoms with Crippen molar-refractivity contribution in [3.63, 3.8) is 0 Å². The number of carbonyl (C=O) groups excluding carboxylic acids is 1. The van der Waals surface area contributed by atoms with Crippen LogP contribution >= 0.6 is 0 Å². The van der Waals surface area contributed by atoms with Gasteiger partial charge in [0, 0.05) is 25.8 Å². The molecule has 4 rings (SSSR count). The Labute approximate surface area is 152 Å². The SMILES string of the molecule is NC(=O)CN1CCCC(c2nnc(-c3ccc(N4CCCC4)nc3)o2)C1. The summed E-state index contributed by atoms with van der Waals surface area (Å²) in [6.07, 6.45) is 6.21. The van der Waals surface area contributed by atoms with Crippen molar-refractivity contribution in [1.29, 1.82) is 0 Å². The highest BCUT2D eigenvalue weighted by atomic mass is 16.4. The highest BCUT2D eigenvalue weighted by Crippen LogP contribution is 2.28. The second kappa shape index (κ2) is 7.41. The fourth-order valence-electron chi connectivity index (χ4n) is 3.78. The number of anilines is 1. The van der Waals surface area contributed by atoms with Gasteiger partial charge in [-0.2, -0.15) is 0 Å². The van der Waals surface area contributed by atoms with Crippen LogP contribution in [0.4, 0.5) is 5.82 Å². The first kappa shape index (κ1) is 17.0. The minimum absolute atomic E-state index is 0.140. The molecule has 2 fully saturated rings. The van der Waals surface area contributed by atoms with Crippen molar-refractivity contribution in [2.45, 2.75) is 31.6 Å². The smallest absolute Gasteiger partial charge is 0.249 e. The molecular formula is C18H24N6O2. The Balaban J connectivity index is 1.44. The average Bonchev–Trinajstić information content (AvgIpc) is 3.34. The van der Waals surface area contributed by atoms with E-state index in [1.54, 1.807) is 6.20 Å². The summed E-state index contributed by atoms with van der Waals surface area (Å²) in [7, 11) is 0. The summed E-state index contributed by atoms with van der Waals surface area (Å²) >= 11 is 0. The predicted molar refractivity (Wildman–Crippen MR) is 96.6 cm³/mol. The lowest BCUT2D eigenvalue weighted by molar-refractivity contribution is -0.119. The lowest BCUT2D eigenvalue weighted by Gasteiger charge is -2.29. The van der Waals surface area contributed by atoms with Gasteiger partial charge in [-0.15, -0.1) is 10.2 Å². The quantitative estimate of drug-likeness (QED) is 0.864. The van der Waals surface area contributed by atoms with Crippen LogP contribution in [0.1, 0.15) is 37.5 Å². The number of pyridine rings is 1. The summed E-state index contributed by atoms with van der Waals surface area (Å²) in [5, 5.41) is 8.43. The molecule has 4 heterocycles. The van der Waals surface area contributed by atoms with Gasteiger partial charge in [0.15, 0.2) is 0 Å². The van der Waals surface area contributed by atoms with Gasteiger partial charge >= 0.3 is 0 Å². The summed E-state index contributed by atoms with van der Waals surface area (Å²) in [5.41, 5.74) is 6.13. The molecule has 8 heteroatoms. The molecule has 0 bridgehead atoms. The molecule has 0 radical (unpaired) electrons. The zero-order valence-electron chi connectivity index (χ0n) is 14.8. The first-order chi connectivity index (χ1) is 12.7. The molecule has 0 aromatic carbocycles. The highest BCUT2D eigenvalue weighted by molar-refractivity contribution is 5.75. The van der Waals surface area contributed by atoms with E-state index < -0.39 is 0 Å². The van der Waals surface area contributed by atoms with Crippen LogP contribution in [0.15, 0.2) is 22.7 Å². The van der Waals surface area contributed by atoms with Gasteiger partial charge in [-0.05, 0) is 44.4 Å². The third-order valence-corrected chi connectivity index (χ3v) is 5.10. The monoisotopic (exact) mass is 356 g/mol. The number of aromatic nitrogens is 3. The van der Waals surface area contributed by atoms with Gasteiger partial charge in [-0.1, -0.05) is 0 Å². The topological polar surface area (TPSA) is 101 Å². The van der Waals surface area contributed by atoms with Gasteiger partial charge in [-0.25, -0.2) is 4.98 Å². The van der Waals surface area contributed by atoms with E-state index in [1.165, 1.54) is 12.8 Å². The van der Waals surface area contributed by atoms with Crippen LogP contribution in [0.5, 0.6) is 0 Å². The zero-order valence-corrected chi connectivity index (χ0v) is 14.8. The normalized spacial score (nSPS) is 21.2. The summed E-state index contributed by atoms with van der Waals surface area (Å²) in [6, 6.07) is 4.00. The Hall–Kier alpha value is -2.48. The molecule has 26 heavy (non-hydrogen) atoms. The molecule has 0 saturated carbocycles. The molecule has 0 spiro atoms. The average molecular weight is 356 g/mol. The molecule has 1 atom stereocenters. The molecule has 0 aliphatic carbocycles. The van der Waals surface area contributed by atoms with E-state index in [0.29, 0.717) is 11.8 Å². The summed E-state index contributed by atoms with van der Waals surface area (Å²) < 4.78 is 5.91. The number of hydrogen-bond donors (Lipinski definition) is 1. The zero-order chi connectivity index (χ0) is 17.9. The molecule has 2 saturated heterocycles. The van der Waals surface area contributed by atoms with Gasteiger partial charge < -0.3 is 15.1 Å². The van der Waals surface area contributed by atoms with Crippen molar-refractivity contribution in [3.8, 4) is 11.5 Å². The van der Waals surface area contributed by atoms with Crippen LogP contribution in [0.25, 0.3) is 11.5 Å². The van der Waals surface area contributed by atoms with Crippen molar-refractivity contribution in [3.05, 3.63) is 24.2 Å². The van der Waals surface area contributed by atoms with Crippen molar-refractivity contribution >= 4 is 11.7 Å². The van der Waals surface area contributed by atoms with E-state index >= 15 is 0 Å². The van der Waals surface area contributed by atoms with Crippen molar-refractivity contribution in [2.24, 2.45) is 5.73 Å². The Kier molecular flexibility index (Phi) is 4.83. The molecule has 8 nitrogen and oxygen atoms in total.